The Bertz CT molecular complexity index is 592. The highest BCUT2D eigenvalue weighted by Crippen LogP contribution is 2.22. The fraction of sp³-hybridized carbons (Fsp3) is 0.357. The van der Waals surface area contributed by atoms with Gasteiger partial charge in [-0.25, -0.2) is 9.97 Å². The number of carbonyl (C=O) groups is 1. The molecule has 0 aliphatic heterocycles. The Morgan fingerprint density at radius 1 is 1.35 bits per heavy atom. The number of thiazole rings is 1. The minimum atomic E-state index is -0.232. The van der Waals surface area contributed by atoms with Crippen molar-refractivity contribution in [1.82, 2.24) is 9.97 Å². The zero-order valence-corrected chi connectivity index (χ0v) is 12.7. The van der Waals surface area contributed by atoms with Crippen LogP contribution in [0.25, 0.3) is 0 Å². The number of nitrogens with zero attached hydrogens (tertiary/aromatic N) is 2. The lowest BCUT2D eigenvalue weighted by molar-refractivity contribution is 0.102. The summed E-state index contributed by atoms with van der Waals surface area (Å²) < 4.78 is 0. The van der Waals surface area contributed by atoms with Crippen LogP contribution < -0.4 is 10.6 Å². The van der Waals surface area contributed by atoms with E-state index in [4.69, 9.17) is 0 Å². The van der Waals surface area contributed by atoms with Gasteiger partial charge in [0.15, 0.2) is 5.13 Å². The van der Waals surface area contributed by atoms with E-state index in [1.54, 1.807) is 12.3 Å². The van der Waals surface area contributed by atoms with E-state index >= 15 is 0 Å². The Morgan fingerprint density at radius 2 is 2.15 bits per heavy atom. The molecule has 2 aromatic rings. The molecule has 20 heavy (non-hydrogen) atoms. The first-order valence-electron chi connectivity index (χ1n) is 6.61. The van der Waals surface area contributed by atoms with Crippen LogP contribution in [-0.2, 0) is 6.42 Å². The van der Waals surface area contributed by atoms with Gasteiger partial charge in [-0.05, 0) is 32.4 Å². The molecule has 2 heterocycles. The van der Waals surface area contributed by atoms with E-state index in [0.717, 1.165) is 29.2 Å². The van der Waals surface area contributed by atoms with Crippen molar-refractivity contribution in [2.45, 2.75) is 27.2 Å². The van der Waals surface area contributed by atoms with Crippen LogP contribution >= 0.6 is 11.3 Å². The van der Waals surface area contributed by atoms with Crippen LogP contribution in [-0.4, -0.2) is 22.4 Å². The summed E-state index contributed by atoms with van der Waals surface area (Å²) in [6, 6.07) is 3.55. The molecule has 0 unspecified atom stereocenters. The molecule has 0 spiro atoms. The third kappa shape index (κ3) is 3.33. The topological polar surface area (TPSA) is 66.9 Å². The van der Waals surface area contributed by atoms with Gasteiger partial charge >= 0.3 is 0 Å². The average Bonchev–Trinajstić information content (AvgIpc) is 2.80. The predicted octanol–water partition coefficient (Wildman–Crippen LogP) is 3.09. The predicted molar refractivity (Wildman–Crippen MR) is 82.6 cm³/mol. The quantitative estimate of drug-likeness (QED) is 0.888. The van der Waals surface area contributed by atoms with Gasteiger partial charge in [0.05, 0.1) is 17.6 Å². The second-order valence-corrected chi connectivity index (χ2v) is 5.50. The number of aromatic nitrogens is 2. The first-order chi connectivity index (χ1) is 9.63. The summed E-state index contributed by atoms with van der Waals surface area (Å²) in [5, 5.41) is 6.55. The molecule has 5 nitrogen and oxygen atoms in total. The smallest absolute Gasteiger partial charge is 0.276 e. The Labute approximate surface area is 122 Å². The van der Waals surface area contributed by atoms with Crippen molar-refractivity contribution in [3.05, 3.63) is 34.6 Å². The normalized spacial score (nSPS) is 10.3. The maximum atomic E-state index is 12.1. The fourth-order valence-corrected chi connectivity index (χ4v) is 2.70. The van der Waals surface area contributed by atoms with Gasteiger partial charge in [0.25, 0.3) is 5.91 Å². The van der Waals surface area contributed by atoms with Crippen molar-refractivity contribution in [3.63, 3.8) is 0 Å². The van der Waals surface area contributed by atoms with Gasteiger partial charge in [0.2, 0.25) is 0 Å². The maximum Gasteiger partial charge on any atom is 0.276 e. The van der Waals surface area contributed by atoms with Crippen molar-refractivity contribution in [1.29, 1.82) is 0 Å². The number of hydrogen-bond donors (Lipinski definition) is 2. The average molecular weight is 290 g/mol. The van der Waals surface area contributed by atoms with Crippen LogP contribution in [0.3, 0.4) is 0 Å². The van der Waals surface area contributed by atoms with Gasteiger partial charge in [0.1, 0.15) is 5.69 Å². The lowest BCUT2D eigenvalue weighted by Crippen LogP contribution is -2.13. The van der Waals surface area contributed by atoms with Crippen molar-refractivity contribution in [2.75, 3.05) is 17.2 Å². The molecule has 2 aromatic heterocycles. The molecular weight excluding hydrogens is 272 g/mol. The first-order valence-corrected chi connectivity index (χ1v) is 7.43. The number of anilines is 2. The standard InChI is InChI=1S/C14H18N4OS/c1-4-11-9(3)20-14(17-11)18-13(19)12-7-6-10(8-16-12)15-5-2/h6-8,15H,4-5H2,1-3H3,(H,17,18,19). The number of nitrogens with one attached hydrogen (secondary N) is 2. The molecule has 0 aliphatic carbocycles. The molecule has 1 amide bonds. The molecule has 0 fully saturated rings. The Hall–Kier alpha value is -1.95. The molecule has 0 bridgehead atoms. The molecule has 0 saturated heterocycles. The van der Waals surface area contributed by atoms with Crippen LogP contribution in [0.2, 0.25) is 0 Å². The van der Waals surface area contributed by atoms with Gasteiger partial charge in [0, 0.05) is 11.4 Å². The van der Waals surface area contributed by atoms with Crippen molar-refractivity contribution in [3.8, 4) is 0 Å². The number of pyridine rings is 1. The molecule has 6 heteroatoms. The second kappa shape index (κ2) is 6.47. The molecule has 0 aliphatic rings. The maximum absolute atomic E-state index is 12.1. The number of hydrogen-bond acceptors (Lipinski definition) is 5. The van der Waals surface area contributed by atoms with E-state index in [2.05, 4.69) is 27.5 Å². The summed E-state index contributed by atoms with van der Waals surface area (Å²) in [6.45, 7) is 6.90. The van der Waals surface area contributed by atoms with E-state index in [1.165, 1.54) is 11.3 Å². The number of aryl methyl sites for hydroxylation is 2. The molecule has 0 atom stereocenters. The second-order valence-electron chi connectivity index (χ2n) is 4.29. The lowest BCUT2D eigenvalue weighted by Gasteiger charge is -2.04. The zero-order valence-electron chi connectivity index (χ0n) is 11.9. The molecule has 2 N–H and O–H groups in total. The van der Waals surface area contributed by atoms with Gasteiger partial charge in [-0.2, -0.15) is 0 Å². The molecule has 0 saturated carbocycles. The minimum Gasteiger partial charge on any atom is -0.384 e. The third-order valence-electron chi connectivity index (χ3n) is 2.83. The number of amides is 1. The van der Waals surface area contributed by atoms with Crippen molar-refractivity contribution >= 4 is 28.1 Å². The zero-order chi connectivity index (χ0) is 14.5. The molecule has 0 radical (unpaired) electrons. The summed E-state index contributed by atoms with van der Waals surface area (Å²) in [7, 11) is 0. The largest absolute Gasteiger partial charge is 0.384 e. The van der Waals surface area contributed by atoms with Crippen LogP contribution in [0.5, 0.6) is 0 Å². The highest BCUT2D eigenvalue weighted by Gasteiger charge is 2.11. The van der Waals surface area contributed by atoms with E-state index in [9.17, 15) is 4.79 Å². The summed E-state index contributed by atoms with van der Waals surface area (Å²) in [5.41, 5.74) is 2.32. The van der Waals surface area contributed by atoms with Gasteiger partial charge < -0.3 is 5.32 Å². The molecule has 106 valence electrons. The van der Waals surface area contributed by atoms with Crippen LogP contribution in [0.15, 0.2) is 18.3 Å². The minimum absolute atomic E-state index is 0.232. The Kier molecular flexibility index (Phi) is 4.68. The SMILES string of the molecule is CCNc1ccc(C(=O)Nc2nc(CC)c(C)s2)nc1. The highest BCUT2D eigenvalue weighted by molar-refractivity contribution is 7.15. The summed E-state index contributed by atoms with van der Waals surface area (Å²) in [4.78, 5) is 21.7. The van der Waals surface area contributed by atoms with E-state index < -0.39 is 0 Å². The third-order valence-corrected chi connectivity index (χ3v) is 3.75. The summed E-state index contributed by atoms with van der Waals surface area (Å²) in [5.74, 6) is -0.232. The van der Waals surface area contributed by atoms with E-state index in [1.807, 2.05) is 19.9 Å². The van der Waals surface area contributed by atoms with E-state index in [0.29, 0.717) is 10.8 Å². The highest BCUT2D eigenvalue weighted by atomic mass is 32.1. The van der Waals surface area contributed by atoms with Gasteiger partial charge in [-0.15, -0.1) is 11.3 Å². The van der Waals surface area contributed by atoms with Crippen LogP contribution in [0.1, 0.15) is 34.9 Å². The Morgan fingerprint density at radius 3 is 2.70 bits per heavy atom. The molecular formula is C14H18N4OS. The number of carbonyl (C=O) groups excluding carboxylic acids is 1. The Balaban J connectivity index is 2.07. The van der Waals surface area contributed by atoms with Crippen molar-refractivity contribution in [2.24, 2.45) is 0 Å². The van der Waals surface area contributed by atoms with E-state index in [-0.39, 0.29) is 5.91 Å². The van der Waals surface area contributed by atoms with Crippen molar-refractivity contribution < 1.29 is 4.79 Å². The summed E-state index contributed by atoms with van der Waals surface area (Å²) in [6.07, 6.45) is 2.52. The first kappa shape index (κ1) is 14.5. The lowest BCUT2D eigenvalue weighted by atomic mass is 10.3. The fourth-order valence-electron chi connectivity index (χ4n) is 1.81. The number of rotatable bonds is 5. The van der Waals surface area contributed by atoms with Gasteiger partial charge in [-0.3, -0.25) is 10.1 Å². The molecule has 0 aromatic carbocycles. The monoisotopic (exact) mass is 290 g/mol. The van der Waals surface area contributed by atoms with Gasteiger partial charge in [-0.1, -0.05) is 6.92 Å². The summed E-state index contributed by atoms with van der Waals surface area (Å²) >= 11 is 1.49. The van der Waals surface area contributed by atoms with Crippen LogP contribution in [0, 0.1) is 6.92 Å². The molecule has 2 rings (SSSR count). The van der Waals surface area contributed by atoms with Crippen LogP contribution in [0.4, 0.5) is 10.8 Å².